The van der Waals surface area contributed by atoms with Gasteiger partial charge in [-0.25, -0.2) is 4.79 Å². The van der Waals surface area contributed by atoms with Crippen molar-refractivity contribution in [3.63, 3.8) is 0 Å². The first kappa shape index (κ1) is 18.2. The summed E-state index contributed by atoms with van der Waals surface area (Å²) < 4.78 is 11.3. The number of carboxylic acid groups (broad SMARTS) is 1. The Labute approximate surface area is 150 Å². The Hall–Kier alpha value is -2.17. The SMILES string of the molecule is CCOc1cc(C=CC(=O)O)cc(Cl)c1OCc1ccccc1Cl. The zero-order valence-corrected chi connectivity index (χ0v) is 14.5. The molecule has 0 aliphatic carbocycles. The molecule has 0 atom stereocenters. The third-order valence-corrected chi connectivity index (χ3v) is 3.73. The Bertz CT molecular complexity index is 757. The summed E-state index contributed by atoms with van der Waals surface area (Å²) >= 11 is 12.4. The van der Waals surface area contributed by atoms with Gasteiger partial charge in [0.1, 0.15) is 6.61 Å². The second kappa shape index (κ2) is 8.62. The number of carbonyl (C=O) groups is 1. The van der Waals surface area contributed by atoms with Gasteiger partial charge in [0.05, 0.1) is 11.6 Å². The van der Waals surface area contributed by atoms with E-state index in [0.29, 0.717) is 33.7 Å². The Balaban J connectivity index is 2.27. The highest BCUT2D eigenvalue weighted by Gasteiger charge is 2.13. The van der Waals surface area contributed by atoms with Crippen molar-refractivity contribution in [1.29, 1.82) is 0 Å². The third kappa shape index (κ3) is 4.91. The second-order valence-corrected chi connectivity index (χ2v) is 5.63. The number of ether oxygens (including phenoxy) is 2. The quantitative estimate of drug-likeness (QED) is 0.695. The number of hydrogen-bond acceptors (Lipinski definition) is 3. The van der Waals surface area contributed by atoms with Gasteiger partial charge in [-0.05, 0) is 36.8 Å². The summed E-state index contributed by atoms with van der Waals surface area (Å²) in [5, 5.41) is 9.66. The van der Waals surface area contributed by atoms with E-state index in [1.54, 1.807) is 18.2 Å². The van der Waals surface area contributed by atoms with Crippen molar-refractivity contribution in [3.8, 4) is 11.5 Å². The highest BCUT2D eigenvalue weighted by atomic mass is 35.5. The number of carboxylic acids is 1. The molecule has 0 amide bonds. The average Bonchev–Trinajstić information content (AvgIpc) is 2.54. The maximum absolute atomic E-state index is 10.6. The zero-order valence-electron chi connectivity index (χ0n) is 13.0. The van der Waals surface area contributed by atoms with Crippen molar-refractivity contribution in [2.24, 2.45) is 0 Å². The highest BCUT2D eigenvalue weighted by Crippen LogP contribution is 2.38. The number of benzene rings is 2. The molecule has 0 unspecified atom stereocenters. The molecule has 0 aliphatic heterocycles. The number of hydrogen-bond donors (Lipinski definition) is 1. The van der Waals surface area contributed by atoms with Crippen molar-refractivity contribution in [3.05, 3.63) is 63.6 Å². The highest BCUT2D eigenvalue weighted by molar-refractivity contribution is 6.32. The van der Waals surface area contributed by atoms with Crippen LogP contribution in [0.3, 0.4) is 0 Å². The molecule has 0 spiro atoms. The molecule has 2 aromatic rings. The molecular weight excluding hydrogens is 351 g/mol. The molecule has 1 N–H and O–H groups in total. The lowest BCUT2D eigenvalue weighted by Gasteiger charge is -2.15. The van der Waals surface area contributed by atoms with E-state index in [0.717, 1.165) is 11.6 Å². The summed E-state index contributed by atoms with van der Waals surface area (Å²) in [5.41, 5.74) is 1.43. The van der Waals surface area contributed by atoms with Crippen LogP contribution in [0.2, 0.25) is 10.0 Å². The average molecular weight is 367 g/mol. The summed E-state index contributed by atoms with van der Waals surface area (Å²) in [7, 11) is 0. The summed E-state index contributed by atoms with van der Waals surface area (Å²) in [6, 6.07) is 10.7. The minimum Gasteiger partial charge on any atom is -0.490 e. The second-order valence-electron chi connectivity index (χ2n) is 4.81. The molecular formula is C18H16Cl2O4. The maximum Gasteiger partial charge on any atom is 0.328 e. The molecule has 0 radical (unpaired) electrons. The first-order valence-corrected chi connectivity index (χ1v) is 8.00. The van der Waals surface area contributed by atoms with E-state index in [9.17, 15) is 4.79 Å². The fourth-order valence-corrected chi connectivity index (χ4v) is 2.48. The molecule has 0 aromatic heterocycles. The van der Waals surface area contributed by atoms with Gasteiger partial charge in [-0.2, -0.15) is 0 Å². The Morgan fingerprint density at radius 2 is 1.92 bits per heavy atom. The van der Waals surface area contributed by atoms with Crippen LogP contribution in [0, 0.1) is 0 Å². The van der Waals surface area contributed by atoms with Crippen molar-refractivity contribution >= 4 is 35.2 Å². The molecule has 0 saturated heterocycles. The smallest absolute Gasteiger partial charge is 0.328 e. The molecule has 0 heterocycles. The minimum absolute atomic E-state index is 0.240. The van der Waals surface area contributed by atoms with Gasteiger partial charge in [-0.3, -0.25) is 0 Å². The lowest BCUT2D eigenvalue weighted by Crippen LogP contribution is -2.01. The largest absolute Gasteiger partial charge is 0.490 e. The van der Waals surface area contributed by atoms with Crippen LogP contribution in [-0.4, -0.2) is 17.7 Å². The van der Waals surface area contributed by atoms with Gasteiger partial charge in [0.25, 0.3) is 0 Å². The molecule has 2 aromatic carbocycles. The summed E-state index contributed by atoms with van der Waals surface area (Å²) in [4.78, 5) is 10.6. The molecule has 24 heavy (non-hydrogen) atoms. The predicted octanol–water partition coefficient (Wildman–Crippen LogP) is 5.07. The fourth-order valence-electron chi connectivity index (χ4n) is 2.02. The minimum atomic E-state index is -1.04. The first-order valence-electron chi connectivity index (χ1n) is 7.24. The van der Waals surface area contributed by atoms with Crippen LogP contribution in [0.5, 0.6) is 11.5 Å². The van der Waals surface area contributed by atoms with Crippen LogP contribution >= 0.6 is 23.2 Å². The predicted molar refractivity (Wildman–Crippen MR) is 95.1 cm³/mol. The number of halogens is 2. The van der Waals surface area contributed by atoms with E-state index in [-0.39, 0.29) is 6.61 Å². The van der Waals surface area contributed by atoms with Gasteiger partial charge < -0.3 is 14.6 Å². The Morgan fingerprint density at radius 1 is 1.17 bits per heavy atom. The lowest BCUT2D eigenvalue weighted by molar-refractivity contribution is -0.131. The Kier molecular flexibility index (Phi) is 6.53. The zero-order chi connectivity index (χ0) is 17.5. The molecule has 126 valence electrons. The van der Waals surface area contributed by atoms with Gasteiger partial charge in [0.2, 0.25) is 0 Å². The van der Waals surface area contributed by atoms with Crippen molar-refractivity contribution in [2.75, 3.05) is 6.61 Å². The standard InChI is InChI=1S/C18H16Cl2O4/c1-2-23-16-10-12(7-8-17(21)22)9-15(20)18(16)24-11-13-5-3-4-6-14(13)19/h3-10H,2,11H2,1H3,(H,21,22). The molecule has 6 heteroatoms. The van der Waals surface area contributed by atoms with Crippen LogP contribution in [0.4, 0.5) is 0 Å². The summed E-state index contributed by atoms with van der Waals surface area (Å²) in [5.74, 6) is -0.198. The first-order chi connectivity index (χ1) is 11.5. The van der Waals surface area contributed by atoms with Crippen LogP contribution in [0.25, 0.3) is 6.08 Å². The van der Waals surface area contributed by atoms with Crippen molar-refractivity contribution < 1.29 is 19.4 Å². The van der Waals surface area contributed by atoms with E-state index in [2.05, 4.69) is 0 Å². The molecule has 2 rings (SSSR count). The lowest BCUT2D eigenvalue weighted by atomic mass is 10.2. The number of rotatable bonds is 7. The maximum atomic E-state index is 10.6. The van der Waals surface area contributed by atoms with Crippen LogP contribution in [0.15, 0.2) is 42.5 Å². The fraction of sp³-hybridized carbons (Fsp3) is 0.167. The molecule has 0 fully saturated rings. The van der Waals surface area contributed by atoms with Gasteiger partial charge in [0, 0.05) is 16.7 Å². The van der Waals surface area contributed by atoms with Gasteiger partial charge in [0.15, 0.2) is 11.5 Å². The van der Waals surface area contributed by atoms with E-state index >= 15 is 0 Å². The van der Waals surface area contributed by atoms with E-state index in [1.807, 2.05) is 25.1 Å². The third-order valence-electron chi connectivity index (χ3n) is 3.08. The van der Waals surface area contributed by atoms with E-state index in [1.165, 1.54) is 6.08 Å². The summed E-state index contributed by atoms with van der Waals surface area (Å²) in [6.07, 6.45) is 2.47. The molecule has 0 bridgehead atoms. The summed E-state index contributed by atoms with van der Waals surface area (Å²) in [6.45, 7) is 2.50. The van der Waals surface area contributed by atoms with Crippen molar-refractivity contribution in [1.82, 2.24) is 0 Å². The van der Waals surface area contributed by atoms with Gasteiger partial charge in [-0.1, -0.05) is 41.4 Å². The Morgan fingerprint density at radius 3 is 2.58 bits per heavy atom. The molecule has 0 aliphatic rings. The molecule has 4 nitrogen and oxygen atoms in total. The van der Waals surface area contributed by atoms with Gasteiger partial charge >= 0.3 is 5.97 Å². The van der Waals surface area contributed by atoms with Crippen LogP contribution < -0.4 is 9.47 Å². The topological polar surface area (TPSA) is 55.8 Å². The van der Waals surface area contributed by atoms with Crippen LogP contribution in [-0.2, 0) is 11.4 Å². The normalized spacial score (nSPS) is 10.8. The monoisotopic (exact) mass is 366 g/mol. The number of aliphatic carboxylic acids is 1. The van der Waals surface area contributed by atoms with E-state index < -0.39 is 5.97 Å². The van der Waals surface area contributed by atoms with E-state index in [4.69, 9.17) is 37.8 Å². The van der Waals surface area contributed by atoms with Gasteiger partial charge in [-0.15, -0.1) is 0 Å². The van der Waals surface area contributed by atoms with Crippen LogP contribution in [0.1, 0.15) is 18.1 Å². The molecule has 0 saturated carbocycles. The van der Waals surface area contributed by atoms with Crippen molar-refractivity contribution in [2.45, 2.75) is 13.5 Å².